The molecule has 0 aliphatic carbocycles. The third-order valence-electron chi connectivity index (χ3n) is 1.47. The van der Waals surface area contributed by atoms with Gasteiger partial charge in [-0.05, 0) is 13.8 Å². The number of oxime groups is 1. The van der Waals surface area contributed by atoms with Crippen LogP contribution in [0.2, 0.25) is 0 Å². The topological polar surface area (TPSA) is 97.7 Å². The molecule has 0 amide bonds. The smallest absolute Gasteiger partial charge is 0.259 e. The van der Waals surface area contributed by atoms with Crippen LogP contribution in [0.5, 0.6) is 0 Å². The molecule has 0 unspecified atom stereocenters. The van der Waals surface area contributed by atoms with E-state index in [0.29, 0.717) is 0 Å². The molecule has 0 aromatic carbocycles. The van der Waals surface area contributed by atoms with Crippen molar-refractivity contribution in [2.24, 2.45) is 5.16 Å². The molecule has 7 nitrogen and oxygen atoms in total. The number of nitrogens with zero attached hydrogens (tertiary/aromatic N) is 2. The maximum absolute atomic E-state index is 11.0. The highest BCUT2D eigenvalue weighted by atomic mass is 32.2. The highest BCUT2D eigenvalue weighted by molar-refractivity contribution is 7.92. The minimum Gasteiger partial charge on any atom is -0.392 e. The Kier molecular flexibility index (Phi) is 4.79. The molecule has 1 radical (unpaired) electrons. The zero-order valence-electron chi connectivity index (χ0n) is 10.00. The standard InChI is InChI=1S/C9H12N3O4S2/c1-6(2)16-11-7(4-13)8-5-17-9(10-8)12-18(3,14)15/h5-6H,1-3H3,(H,10,12)/b11-7+. The summed E-state index contributed by atoms with van der Waals surface area (Å²) in [5, 5.41) is 5.22. The minimum absolute atomic E-state index is 0.110. The van der Waals surface area contributed by atoms with Crippen molar-refractivity contribution in [3.63, 3.8) is 0 Å². The van der Waals surface area contributed by atoms with Crippen molar-refractivity contribution < 1.29 is 18.0 Å². The zero-order chi connectivity index (χ0) is 13.8. The summed E-state index contributed by atoms with van der Waals surface area (Å²) in [6.45, 7) is 3.51. The average Bonchev–Trinajstić information content (AvgIpc) is 2.64. The van der Waals surface area contributed by atoms with Crippen molar-refractivity contribution in [3.8, 4) is 0 Å². The average molecular weight is 290 g/mol. The Morgan fingerprint density at radius 3 is 2.78 bits per heavy atom. The summed E-state index contributed by atoms with van der Waals surface area (Å²) in [4.78, 5) is 19.5. The Bertz CT molecular complexity index is 548. The van der Waals surface area contributed by atoms with E-state index in [-0.39, 0.29) is 22.6 Å². The number of rotatable bonds is 6. The van der Waals surface area contributed by atoms with Gasteiger partial charge in [0.15, 0.2) is 10.8 Å². The molecule has 0 aliphatic heterocycles. The summed E-state index contributed by atoms with van der Waals surface area (Å²) in [7, 11) is -3.39. The predicted molar refractivity (Wildman–Crippen MR) is 69.0 cm³/mol. The van der Waals surface area contributed by atoms with Gasteiger partial charge in [-0.1, -0.05) is 5.16 Å². The first-order chi connectivity index (χ1) is 8.31. The number of aromatic nitrogens is 1. The highest BCUT2D eigenvalue weighted by Crippen LogP contribution is 2.16. The molecule has 1 aromatic rings. The Morgan fingerprint density at radius 1 is 1.61 bits per heavy atom. The van der Waals surface area contributed by atoms with Gasteiger partial charge in [0.05, 0.1) is 6.26 Å². The maximum atomic E-state index is 11.0. The van der Waals surface area contributed by atoms with Crippen LogP contribution in [0.4, 0.5) is 5.13 Å². The van der Waals surface area contributed by atoms with Crippen molar-refractivity contribution >= 4 is 38.5 Å². The first-order valence-corrected chi connectivity index (χ1v) is 7.64. The van der Waals surface area contributed by atoms with E-state index in [0.717, 1.165) is 17.6 Å². The van der Waals surface area contributed by atoms with E-state index in [4.69, 9.17) is 4.84 Å². The van der Waals surface area contributed by atoms with E-state index in [1.165, 1.54) is 5.38 Å². The van der Waals surface area contributed by atoms with Gasteiger partial charge in [0.2, 0.25) is 10.0 Å². The van der Waals surface area contributed by atoms with Gasteiger partial charge in [-0.3, -0.25) is 9.52 Å². The van der Waals surface area contributed by atoms with E-state index < -0.39 is 10.0 Å². The summed E-state index contributed by atoms with van der Waals surface area (Å²) in [5.41, 5.74) is 0.100. The SMILES string of the molecule is CC(C)O/N=C(\[C]=O)c1csc(NS(C)(=O)=O)n1. The lowest BCUT2D eigenvalue weighted by atomic mass is 10.3. The lowest BCUT2D eigenvalue weighted by Gasteiger charge is -2.01. The summed E-state index contributed by atoms with van der Waals surface area (Å²) >= 11 is 1.04. The van der Waals surface area contributed by atoms with Crippen LogP contribution in [-0.4, -0.2) is 37.8 Å². The predicted octanol–water partition coefficient (Wildman–Crippen LogP) is 0.753. The van der Waals surface area contributed by atoms with Gasteiger partial charge >= 0.3 is 0 Å². The van der Waals surface area contributed by atoms with Crippen molar-refractivity contribution in [1.82, 2.24) is 4.98 Å². The normalized spacial score (nSPS) is 12.6. The van der Waals surface area contributed by atoms with Gasteiger partial charge in [0, 0.05) is 5.38 Å². The molecule has 1 N–H and O–H groups in total. The first kappa shape index (κ1) is 14.6. The Hall–Kier alpha value is -1.48. The van der Waals surface area contributed by atoms with E-state index in [1.807, 2.05) is 0 Å². The molecule has 0 atom stereocenters. The molecule has 0 spiro atoms. The van der Waals surface area contributed by atoms with E-state index >= 15 is 0 Å². The molecular formula is C9H12N3O4S2. The molecule has 18 heavy (non-hydrogen) atoms. The lowest BCUT2D eigenvalue weighted by Crippen LogP contribution is -2.10. The van der Waals surface area contributed by atoms with Crippen LogP contribution in [0.3, 0.4) is 0 Å². The van der Waals surface area contributed by atoms with Crippen LogP contribution in [0.1, 0.15) is 19.5 Å². The zero-order valence-corrected chi connectivity index (χ0v) is 11.6. The third-order valence-corrected chi connectivity index (χ3v) is 2.92. The Morgan fingerprint density at radius 2 is 2.28 bits per heavy atom. The van der Waals surface area contributed by atoms with Gasteiger partial charge < -0.3 is 4.84 Å². The first-order valence-electron chi connectivity index (χ1n) is 4.87. The summed E-state index contributed by atoms with van der Waals surface area (Å²) < 4.78 is 24.2. The number of sulfonamides is 1. The monoisotopic (exact) mass is 290 g/mol. The van der Waals surface area contributed by atoms with Gasteiger partial charge in [0.25, 0.3) is 6.29 Å². The van der Waals surface area contributed by atoms with Crippen LogP contribution < -0.4 is 4.72 Å². The second-order valence-electron chi connectivity index (χ2n) is 3.61. The van der Waals surface area contributed by atoms with E-state index in [2.05, 4.69) is 14.9 Å². The van der Waals surface area contributed by atoms with Gasteiger partial charge in [-0.25, -0.2) is 13.4 Å². The molecule has 0 aliphatic rings. The molecule has 1 rings (SSSR count). The van der Waals surface area contributed by atoms with Gasteiger partial charge in [-0.15, -0.1) is 11.3 Å². The van der Waals surface area contributed by atoms with Crippen LogP contribution in [0.25, 0.3) is 0 Å². The summed E-state index contributed by atoms with van der Waals surface area (Å²) in [6.07, 6.45) is 2.42. The van der Waals surface area contributed by atoms with Crippen molar-refractivity contribution in [2.75, 3.05) is 11.0 Å². The molecule has 9 heteroatoms. The highest BCUT2D eigenvalue weighted by Gasteiger charge is 2.12. The molecule has 0 saturated carbocycles. The van der Waals surface area contributed by atoms with Gasteiger partial charge in [-0.2, -0.15) is 0 Å². The number of carbonyl (C=O) groups excluding carboxylic acids is 1. The molecule has 0 bridgehead atoms. The fourth-order valence-electron chi connectivity index (χ4n) is 0.864. The van der Waals surface area contributed by atoms with Crippen LogP contribution in [0, 0.1) is 0 Å². The quantitative estimate of drug-likeness (QED) is 0.616. The Labute approximate surface area is 109 Å². The van der Waals surface area contributed by atoms with Crippen LogP contribution in [-0.2, 0) is 19.7 Å². The summed E-state index contributed by atoms with van der Waals surface area (Å²) in [6, 6.07) is 0. The molecule has 0 saturated heterocycles. The largest absolute Gasteiger partial charge is 0.392 e. The molecule has 99 valence electrons. The maximum Gasteiger partial charge on any atom is 0.259 e. The van der Waals surface area contributed by atoms with Crippen molar-refractivity contribution in [3.05, 3.63) is 11.1 Å². The van der Waals surface area contributed by atoms with E-state index in [1.54, 1.807) is 20.1 Å². The number of hydrogen-bond donors (Lipinski definition) is 1. The lowest BCUT2D eigenvalue weighted by molar-refractivity contribution is 0.0866. The number of nitrogens with one attached hydrogen (secondary N) is 1. The van der Waals surface area contributed by atoms with Crippen molar-refractivity contribution in [2.45, 2.75) is 20.0 Å². The second kappa shape index (κ2) is 5.91. The molecule has 1 heterocycles. The van der Waals surface area contributed by atoms with Gasteiger partial charge in [0.1, 0.15) is 11.8 Å². The van der Waals surface area contributed by atoms with Crippen LogP contribution >= 0.6 is 11.3 Å². The number of hydrogen-bond acceptors (Lipinski definition) is 7. The fraction of sp³-hybridized carbons (Fsp3) is 0.444. The van der Waals surface area contributed by atoms with Crippen molar-refractivity contribution in [1.29, 1.82) is 0 Å². The number of thiazole rings is 1. The Balaban J connectivity index is 2.89. The number of anilines is 1. The third kappa shape index (κ3) is 4.80. The minimum atomic E-state index is -3.39. The molecule has 0 fully saturated rings. The fourth-order valence-corrected chi connectivity index (χ4v) is 2.41. The van der Waals surface area contributed by atoms with E-state index in [9.17, 15) is 13.2 Å². The second-order valence-corrected chi connectivity index (χ2v) is 6.21. The molecule has 1 aromatic heterocycles. The molecular weight excluding hydrogens is 278 g/mol. The summed E-state index contributed by atoms with van der Waals surface area (Å²) in [5.74, 6) is 0. The van der Waals surface area contributed by atoms with Crippen LogP contribution in [0.15, 0.2) is 10.5 Å².